The molecule has 1 aromatic heterocycles. The molecular weight excluding hydrogens is 538 g/mol. The van der Waals surface area contributed by atoms with E-state index in [1.165, 1.54) is 0 Å². The first-order valence-corrected chi connectivity index (χ1v) is 14.3. The molecule has 3 atom stereocenters. The zero-order chi connectivity index (χ0) is 30.1. The number of nitrogens with one attached hydrogen (secondary N) is 1. The van der Waals surface area contributed by atoms with Gasteiger partial charge >= 0.3 is 0 Å². The molecule has 0 saturated heterocycles. The third kappa shape index (κ3) is 3.71. The Hall–Kier alpha value is -4.88. The van der Waals surface area contributed by atoms with Crippen LogP contribution in [0.3, 0.4) is 0 Å². The number of aliphatic hydroxyl groups is 1. The van der Waals surface area contributed by atoms with Crippen molar-refractivity contribution in [3.05, 3.63) is 140 Å². The number of nitrogens with zero attached hydrogens (tertiary/aromatic N) is 2. The number of hydrogen-bond donors (Lipinski definition) is 2. The second-order valence-electron chi connectivity index (χ2n) is 11.7. The van der Waals surface area contributed by atoms with Crippen LogP contribution in [0.4, 0.5) is 5.69 Å². The van der Waals surface area contributed by atoms with Crippen molar-refractivity contribution in [3.63, 3.8) is 0 Å². The molecule has 7 rings (SSSR count). The highest BCUT2D eigenvalue weighted by molar-refractivity contribution is 5.68. The molecule has 2 heterocycles. The Labute approximate surface area is 250 Å². The summed E-state index contributed by atoms with van der Waals surface area (Å²) in [5, 5.41) is 13.4. The molecule has 2 N–H and O–H groups in total. The number of rotatable bonds is 5. The molecule has 1 aliphatic heterocycles. The molecule has 43 heavy (non-hydrogen) atoms. The Morgan fingerprint density at radius 3 is 2.30 bits per heavy atom. The van der Waals surface area contributed by atoms with E-state index in [-0.39, 0.29) is 5.56 Å². The summed E-state index contributed by atoms with van der Waals surface area (Å²) in [6.45, 7) is 3.98. The highest BCUT2D eigenvalue weighted by Crippen LogP contribution is 2.68. The van der Waals surface area contributed by atoms with Crippen molar-refractivity contribution >= 4 is 5.69 Å². The lowest BCUT2D eigenvalue weighted by molar-refractivity contribution is -0.0906. The standard InChI is InChI=1S/C36H33N3O4/c1-21-19-22(2)30-28(20-21)43-36(25-13-17-27(42-5)18-14-25)31(23-9-7-6-8-10-23)29-32(35(30,36)41)37-33(38-34(29)40)24-11-15-26(16-12-24)39(3)4/h6-20,31,41H,1-5H3,(H,37,38,40)/t31-,35+,36+/m1/s1. The molecule has 1 aliphatic carbocycles. The monoisotopic (exact) mass is 571 g/mol. The fraction of sp³-hybridized carbons (Fsp3) is 0.222. The van der Waals surface area contributed by atoms with Gasteiger partial charge in [-0.2, -0.15) is 0 Å². The first-order chi connectivity index (χ1) is 20.7. The number of ether oxygens (including phenoxy) is 2. The number of fused-ring (bicyclic) bond motifs is 5. The Bertz CT molecular complexity index is 1920. The van der Waals surface area contributed by atoms with E-state index in [0.717, 1.165) is 27.9 Å². The molecule has 0 saturated carbocycles. The van der Waals surface area contributed by atoms with Crippen molar-refractivity contribution in [2.45, 2.75) is 31.0 Å². The van der Waals surface area contributed by atoms with Gasteiger partial charge in [-0.25, -0.2) is 4.98 Å². The SMILES string of the molecule is COc1ccc([C@@]23Oc4cc(C)cc(C)c4[C@]2(O)c2nc(-c4ccc(N(C)C)cc4)[nH]c(=O)c2[C@H]3c2ccccc2)cc1. The van der Waals surface area contributed by atoms with Crippen LogP contribution in [0.15, 0.2) is 95.8 Å². The third-order valence-corrected chi connectivity index (χ3v) is 8.92. The van der Waals surface area contributed by atoms with Crippen LogP contribution in [-0.2, 0) is 11.2 Å². The maximum absolute atomic E-state index is 14.3. The molecule has 0 unspecified atom stereocenters. The molecule has 0 amide bonds. The number of aromatic amines is 1. The van der Waals surface area contributed by atoms with Gasteiger partial charge in [-0.15, -0.1) is 0 Å². The second-order valence-corrected chi connectivity index (χ2v) is 11.7. The third-order valence-electron chi connectivity index (χ3n) is 8.92. The average Bonchev–Trinajstić information content (AvgIpc) is 3.40. The molecule has 7 heteroatoms. The summed E-state index contributed by atoms with van der Waals surface area (Å²) in [7, 11) is 5.57. The molecule has 0 spiro atoms. The van der Waals surface area contributed by atoms with Gasteiger partial charge in [0.1, 0.15) is 17.3 Å². The topological polar surface area (TPSA) is 87.7 Å². The van der Waals surface area contributed by atoms with Crippen molar-refractivity contribution in [1.82, 2.24) is 9.97 Å². The lowest BCUT2D eigenvalue weighted by atomic mass is 9.69. The van der Waals surface area contributed by atoms with E-state index in [1.807, 2.05) is 124 Å². The van der Waals surface area contributed by atoms with Gasteiger partial charge in [-0.05, 0) is 73.0 Å². The van der Waals surface area contributed by atoms with E-state index in [0.29, 0.717) is 39.7 Å². The molecule has 0 radical (unpaired) electrons. The fourth-order valence-electron chi connectivity index (χ4n) is 7.07. The molecule has 216 valence electrons. The first-order valence-electron chi connectivity index (χ1n) is 14.3. The molecule has 7 nitrogen and oxygen atoms in total. The highest BCUT2D eigenvalue weighted by Gasteiger charge is 2.73. The smallest absolute Gasteiger partial charge is 0.255 e. The minimum atomic E-state index is -1.78. The quantitative estimate of drug-likeness (QED) is 0.277. The Morgan fingerprint density at radius 2 is 1.65 bits per heavy atom. The van der Waals surface area contributed by atoms with Gasteiger partial charge in [-0.1, -0.05) is 48.5 Å². The summed E-state index contributed by atoms with van der Waals surface area (Å²) >= 11 is 0. The van der Waals surface area contributed by atoms with Crippen LogP contribution >= 0.6 is 0 Å². The highest BCUT2D eigenvalue weighted by atomic mass is 16.5. The van der Waals surface area contributed by atoms with E-state index in [4.69, 9.17) is 14.5 Å². The molecule has 5 aromatic rings. The van der Waals surface area contributed by atoms with Crippen LogP contribution < -0.4 is 19.9 Å². The van der Waals surface area contributed by atoms with Crippen molar-refractivity contribution in [1.29, 1.82) is 0 Å². The number of benzene rings is 4. The van der Waals surface area contributed by atoms with Crippen LogP contribution in [0, 0.1) is 13.8 Å². The van der Waals surface area contributed by atoms with Crippen LogP contribution in [-0.4, -0.2) is 36.3 Å². The first kappa shape index (κ1) is 27.0. The second kappa shape index (κ2) is 9.57. The summed E-state index contributed by atoms with van der Waals surface area (Å²) in [6.07, 6.45) is 0. The maximum Gasteiger partial charge on any atom is 0.255 e. The van der Waals surface area contributed by atoms with Gasteiger partial charge in [0, 0.05) is 36.5 Å². The normalized spacial score (nSPS) is 21.5. The van der Waals surface area contributed by atoms with Crippen molar-refractivity contribution in [3.8, 4) is 22.9 Å². The largest absolute Gasteiger partial charge is 0.497 e. The number of aromatic nitrogens is 2. The molecule has 4 aromatic carbocycles. The predicted molar refractivity (Wildman–Crippen MR) is 167 cm³/mol. The van der Waals surface area contributed by atoms with Crippen molar-refractivity contribution in [2.24, 2.45) is 0 Å². The number of anilines is 1. The van der Waals surface area contributed by atoms with Gasteiger partial charge in [0.05, 0.1) is 24.3 Å². The number of aryl methyl sites for hydroxylation is 2. The number of methoxy groups -OCH3 is 1. The predicted octanol–water partition coefficient (Wildman–Crippen LogP) is 5.80. The zero-order valence-electron chi connectivity index (χ0n) is 24.8. The van der Waals surface area contributed by atoms with E-state index in [9.17, 15) is 9.90 Å². The average molecular weight is 572 g/mol. The lowest BCUT2D eigenvalue weighted by Gasteiger charge is -2.40. The van der Waals surface area contributed by atoms with E-state index >= 15 is 0 Å². The Morgan fingerprint density at radius 1 is 0.953 bits per heavy atom. The molecule has 2 aliphatic rings. The maximum atomic E-state index is 14.3. The number of hydrogen-bond acceptors (Lipinski definition) is 6. The minimum absolute atomic E-state index is 0.304. The van der Waals surface area contributed by atoms with Gasteiger partial charge in [0.15, 0.2) is 11.2 Å². The van der Waals surface area contributed by atoms with E-state index < -0.39 is 17.1 Å². The minimum Gasteiger partial charge on any atom is -0.497 e. The van der Waals surface area contributed by atoms with Crippen LogP contribution in [0.25, 0.3) is 11.4 Å². The molecule has 0 fully saturated rings. The Balaban J connectivity index is 1.58. The van der Waals surface area contributed by atoms with E-state index in [1.54, 1.807) is 7.11 Å². The number of H-pyrrole nitrogens is 1. The van der Waals surface area contributed by atoms with Crippen LogP contribution in [0.5, 0.6) is 11.5 Å². The summed E-state index contributed by atoms with van der Waals surface area (Å²) in [6, 6.07) is 29.1. The summed E-state index contributed by atoms with van der Waals surface area (Å²) in [5.74, 6) is 0.979. The van der Waals surface area contributed by atoms with Crippen molar-refractivity contribution < 1.29 is 14.6 Å². The van der Waals surface area contributed by atoms with E-state index in [2.05, 4.69) is 4.98 Å². The summed E-state index contributed by atoms with van der Waals surface area (Å²) in [5.41, 5.74) is 3.02. The van der Waals surface area contributed by atoms with Crippen molar-refractivity contribution in [2.75, 3.05) is 26.1 Å². The summed E-state index contributed by atoms with van der Waals surface area (Å²) < 4.78 is 12.5. The molecule has 0 bridgehead atoms. The fourth-order valence-corrected chi connectivity index (χ4v) is 7.07. The van der Waals surface area contributed by atoms with Crippen LogP contribution in [0.1, 0.15) is 45.0 Å². The Kier molecular flexibility index (Phi) is 6.01. The molecular formula is C36H33N3O4. The lowest BCUT2D eigenvalue weighted by Crippen LogP contribution is -2.49. The van der Waals surface area contributed by atoms with Gasteiger partial charge in [0.25, 0.3) is 5.56 Å². The van der Waals surface area contributed by atoms with Gasteiger partial charge in [-0.3, -0.25) is 4.79 Å². The zero-order valence-corrected chi connectivity index (χ0v) is 24.8. The summed E-state index contributed by atoms with van der Waals surface area (Å²) in [4.78, 5) is 24.4. The van der Waals surface area contributed by atoms with Crippen LogP contribution in [0.2, 0.25) is 0 Å². The van der Waals surface area contributed by atoms with Gasteiger partial charge in [0.2, 0.25) is 0 Å². The van der Waals surface area contributed by atoms with Gasteiger partial charge < -0.3 is 24.5 Å².